The molecule has 1 fully saturated rings. The third-order valence-electron chi connectivity index (χ3n) is 2.95. The third-order valence-corrected chi connectivity index (χ3v) is 2.95. The van der Waals surface area contributed by atoms with Gasteiger partial charge in [-0.15, -0.1) is 0 Å². The highest BCUT2D eigenvalue weighted by Gasteiger charge is 2.45. The van der Waals surface area contributed by atoms with E-state index >= 15 is 0 Å². The number of aromatic amines is 1. The van der Waals surface area contributed by atoms with Crippen LogP contribution in [0.15, 0.2) is 6.20 Å². The fraction of sp³-hybridized carbons (Fsp3) is 0.667. The number of nitrogens with one attached hydrogen (secondary N) is 1. The van der Waals surface area contributed by atoms with Crippen LogP contribution in [0.4, 0.5) is 5.95 Å². The minimum atomic E-state index is -1.54. The van der Waals surface area contributed by atoms with Crippen LogP contribution in [-0.2, 0) is 4.74 Å². The van der Waals surface area contributed by atoms with Crippen LogP contribution in [0.25, 0.3) is 0 Å². The molecule has 5 atom stereocenters. The van der Waals surface area contributed by atoms with Crippen molar-refractivity contribution in [2.75, 3.05) is 6.61 Å². The number of H-pyrrole nitrogens is 1. The van der Waals surface area contributed by atoms with Crippen LogP contribution in [-0.4, -0.2) is 66.3 Å². The Balaban J connectivity index is 2.24. The Bertz CT molecular complexity index is 462. The molecule has 10 heteroatoms. The lowest BCUT2D eigenvalue weighted by Crippen LogP contribution is -2.55. The van der Waals surface area contributed by atoms with Gasteiger partial charge in [-0.25, -0.2) is 4.98 Å². The summed E-state index contributed by atoms with van der Waals surface area (Å²) in [4.78, 5) is 15.5. The molecule has 0 radical (unpaired) electrons. The largest absolute Gasteiger partial charge is 0.432 e. The molecule has 0 aliphatic carbocycles. The molecule has 1 unspecified atom stereocenters. The average molecular weight is 275 g/mol. The van der Waals surface area contributed by atoms with E-state index in [1.807, 2.05) is 0 Å². The molecule has 1 aromatic heterocycles. The SMILES string of the molecule is O=[N+]([O-])c1ncc(C2O[C@H](CO)[C@@H](O)[C@H](O)[C@H]2O)[nH]1. The number of nitro groups is 1. The lowest BCUT2D eigenvalue weighted by molar-refractivity contribution is -0.394. The van der Waals surface area contributed by atoms with E-state index in [1.165, 1.54) is 0 Å². The lowest BCUT2D eigenvalue weighted by Gasteiger charge is -2.38. The van der Waals surface area contributed by atoms with Crippen molar-refractivity contribution in [3.63, 3.8) is 0 Å². The molecule has 19 heavy (non-hydrogen) atoms. The van der Waals surface area contributed by atoms with Crippen molar-refractivity contribution in [2.24, 2.45) is 0 Å². The summed E-state index contributed by atoms with van der Waals surface area (Å²) in [6, 6.07) is 0. The minimum Gasteiger partial charge on any atom is -0.394 e. The number of imidazole rings is 1. The molecule has 0 aromatic carbocycles. The number of rotatable bonds is 3. The molecular weight excluding hydrogens is 262 g/mol. The molecule has 10 nitrogen and oxygen atoms in total. The number of aromatic nitrogens is 2. The van der Waals surface area contributed by atoms with E-state index in [9.17, 15) is 25.4 Å². The number of nitrogens with zero attached hydrogens (tertiary/aromatic N) is 2. The zero-order valence-corrected chi connectivity index (χ0v) is 9.58. The Morgan fingerprint density at radius 2 is 2.05 bits per heavy atom. The van der Waals surface area contributed by atoms with E-state index in [0.717, 1.165) is 6.20 Å². The summed E-state index contributed by atoms with van der Waals surface area (Å²) in [6.07, 6.45) is -5.67. The molecule has 0 saturated carbocycles. The first-order chi connectivity index (χ1) is 8.95. The minimum absolute atomic E-state index is 0.0728. The van der Waals surface area contributed by atoms with Crippen molar-refractivity contribution in [2.45, 2.75) is 30.5 Å². The maximum Gasteiger partial charge on any atom is 0.432 e. The van der Waals surface area contributed by atoms with Gasteiger partial charge in [0.05, 0.1) is 6.61 Å². The third kappa shape index (κ3) is 2.43. The van der Waals surface area contributed by atoms with Crippen molar-refractivity contribution in [1.82, 2.24) is 9.97 Å². The number of ether oxygens (including phenoxy) is 1. The van der Waals surface area contributed by atoms with Crippen LogP contribution in [0.1, 0.15) is 11.8 Å². The average Bonchev–Trinajstić information content (AvgIpc) is 2.86. The molecule has 1 aromatic rings. The number of hydrogen-bond acceptors (Lipinski definition) is 8. The second-order valence-electron chi connectivity index (χ2n) is 4.17. The van der Waals surface area contributed by atoms with Crippen LogP contribution < -0.4 is 0 Å². The molecule has 0 bridgehead atoms. The predicted octanol–water partition coefficient (Wildman–Crippen LogP) is -2.17. The van der Waals surface area contributed by atoms with Gasteiger partial charge in [0.2, 0.25) is 0 Å². The topological polar surface area (TPSA) is 162 Å². The number of aliphatic hydroxyl groups excluding tert-OH is 4. The van der Waals surface area contributed by atoms with Crippen LogP contribution >= 0.6 is 0 Å². The summed E-state index contributed by atoms with van der Waals surface area (Å²) in [5, 5.41) is 48.5. The molecular formula is C9H13N3O7. The van der Waals surface area contributed by atoms with Crippen molar-refractivity contribution < 1.29 is 30.1 Å². The van der Waals surface area contributed by atoms with Gasteiger partial charge >= 0.3 is 5.95 Å². The van der Waals surface area contributed by atoms with Crippen molar-refractivity contribution in [1.29, 1.82) is 0 Å². The Labute approximate surface area is 106 Å². The molecule has 106 valence electrons. The summed E-state index contributed by atoms with van der Waals surface area (Å²) in [5.74, 6) is -0.535. The van der Waals surface area contributed by atoms with Crippen molar-refractivity contribution in [3.8, 4) is 0 Å². The molecule has 0 amide bonds. The van der Waals surface area contributed by atoms with E-state index in [0.29, 0.717) is 0 Å². The fourth-order valence-corrected chi connectivity index (χ4v) is 1.92. The van der Waals surface area contributed by atoms with Gasteiger partial charge in [-0.2, -0.15) is 0 Å². The van der Waals surface area contributed by atoms with Crippen molar-refractivity contribution >= 4 is 5.95 Å². The summed E-state index contributed by atoms with van der Waals surface area (Å²) in [7, 11) is 0. The highest BCUT2D eigenvalue weighted by atomic mass is 16.6. The van der Waals surface area contributed by atoms with Crippen molar-refractivity contribution in [3.05, 3.63) is 22.0 Å². The molecule has 2 heterocycles. The van der Waals surface area contributed by atoms with E-state index in [2.05, 4.69) is 9.97 Å². The summed E-state index contributed by atoms with van der Waals surface area (Å²) in [5.41, 5.74) is 0.0728. The molecule has 1 saturated heterocycles. The first-order valence-corrected chi connectivity index (χ1v) is 5.45. The van der Waals surface area contributed by atoms with Crippen LogP contribution in [0.5, 0.6) is 0 Å². The second-order valence-corrected chi connectivity index (χ2v) is 4.17. The molecule has 5 N–H and O–H groups in total. The standard InChI is InChI=1S/C9H13N3O7/c13-2-4-5(14)6(15)7(16)8(19-4)3-1-10-9(11-3)12(17)18/h1,4-8,13-16H,2H2,(H,10,11)/t4-,5-,6+,7-,8?/m1/s1. The monoisotopic (exact) mass is 275 g/mol. The maximum atomic E-state index is 10.5. The Morgan fingerprint density at radius 1 is 1.37 bits per heavy atom. The van der Waals surface area contributed by atoms with E-state index in [1.54, 1.807) is 0 Å². The zero-order chi connectivity index (χ0) is 14.2. The summed E-state index contributed by atoms with van der Waals surface area (Å²) < 4.78 is 5.21. The van der Waals surface area contributed by atoms with Crippen LogP contribution in [0.3, 0.4) is 0 Å². The van der Waals surface area contributed by atoms with E-state index in [-0.39, 0.29) is 5.69 Å². The molecule has 0 spiro atoms. The Kier molecular flexibility index (Phi) is 3.78. The quantitative estimate of drug-likeness (QED) is 0.307. The Morgan fingerprint density at radius 3 is 2.58 bits per heavy atom. The lowest BCUT2D eigenvalue weighted by atomic mass is 9.94. The predicted molar refractivity (Wildman–Crippen MR) is 58.0 cm³/mol. The van der Waals surface area contributed by atoms with Gasteiger partial charge in [-0.3, -0.25) is 0 Å². The van der Waals surface area contributed by atoms with Gasteiger partial charge in [0.1, 0.15) is 42.4 Å². The Hall–Kier alpha value is -1.59. The van der Waals surface area contributed by atoms with Gasteiger partial charge in [0.25, 0.3) is 0 Å². The van der Waals surface area contributed by atoms with E-state index < -0.39 is 48.0 Å². The molecule has 2 rings (SSSR count). The van der Waals surface area contributed by atoms with Crippen LogP contribution in [0.2, 0.25) is 0 Å². The van der Waals surface area contributed by atoms with Crippen LogP contribution in [0, 0.1) is 10.1 Å². The first-order valence-electron chi connectivity index (χ1n) is 5.45. The fourth-order valence-electron chi connectivity index (χ4n) is 1.92. The van der Waals surface area contributed by atoms with Gasteiger partial charge in [-0.05, 0) is 4.92 Å². The summed E-state index contributed by atoms with van der Waals surface area (Å²) >= 11 is 0. The smallest absolute Gasteiger partial charge is 0.394 e. The van der Waals surface area contributed by atoms with Gasteiger partial charge in [-0.1, -0.05) is 4.98 Å². The van der Waals surface area contributed by atoms with Gasteiger partial charge < -0.3 is 35.3 Å². The second kappa shape index (κ2) is 5.19. The summed E-state index contributed by atoms with van der Waals surface area (Å²) in [6.45, 7) is -0.572. The van der Waals surface area contributed by atoms with Gasteiger partial charge in [0.15, 0.2) is 0 Å². The van der Waals surface area contributed by atoms with E-state index in [4.69, 9.17) is 9.84 Å². The normalized spacial score (nSPS) is 35.3. The molecule has 1 aliphatic rings. The molecule has 1 aliphatic heterocycles. The highest BCUT2D eigenvalue weighted by molar-refractivity contribution is 5.16. The van der Waals surface area contributed by atoms with Gasteiger partial charge in [0, 0.05) is 0 Å². The number of hydrogen-bond donors (Lipinski definition) is 5. The first kappa shape index (κ1) is 13.8. The number of aliphatic hydroxyl groups is 4. The maximum absolute atomic E-state index is 10.5. The highest BCUT2D eigenvalue weighted by Crippen LogP contribution is 2.31. The zero-order valence-electron chi connectivity index (χ0n) is 9.58.